The van der Waals surface area contributed by atoms with Crippen LogP contribution >= 0.6 is 15.9 Å². The number of hydrogen-bond donors (Lipinski definition) is 4. The molecule has 0 radical (unpaired) electrons. The summed E-state index contributed by atoms with van der Waals surface area (Å²) in [7, 11) is -1.54. The van der Waals surface area contributed by atoms with Crippen molar-refractivity contribution in [1.29, 1.82) is 0 Å². The second-order valence-electron chi connectivity index (χ2n) is 6.41. The van der Waals surface area contributed by atoms with Gasteiger partial charge in [0, 0.05) is 17.9 Å². The van der Waals surface area contributed by atoms with Crippen molar-refractivity contribution in [3.8, 4) is 0 Å². The summed E-state index contributed by atoms with van der Waals surface area (Å²) in [6, 6.07) is 3.66. The minimum atomic E-state index is -1.54. The standard InChI is InChI=1S/C17H24BrN5O2S/c1-9(2)13-6-12(5-10(3)15(13)26(19)25)22-17-20-7-14(18)16(23-17)21-11(4)8-24/h5-7,9,11,24H,8,19H2,1-4H3,(H2,20,21,22,23)/t11-,26?/m1/s1. The van der Waals surface area contributed by atoms with E-state index >= 15 is 0 Å². The van der Waals surface area contributed by atoms with Gasteiger partial charge >= 0.3 is 0 Å². The fraction of sp³-hybridized carbons (Fsp3) is 0.412. The van der Waals surface area contributed by atoms with Crippen molar-refractivity contribution < 1.29 is 9.32 Å². The summed E-state index contributed by atoms with van der Waals surface area (Å²) in [5.41, 5.74) is 2.57. The molecule has 0 aliphatic rings. The molecule has 2 aromatic rings. The summed E-state index contributed by atoms with van der Waals surface area (Å²) in [6.07, 6.45) is 1.64. The largest absolute Gasteiger partial charge is 0.394 e. The Balaban J connectivity index is 2.37. The van der Waals surface area contributed by atoms with Crippen LogP contribution in [-0.2, 0) is 11.0 Å². The Morgan fingerprint density at radius 3 is 2.62 bits per heavy atom. The Kier molecular flexibility index (Phi) is 7.10. The molecule has 26 heavy (non-hydrogen) atoms. The van der Waals surface area contributed by atoms with Crippen molar-refractivity contribution >= 4 is 44.4 Å². The molecule has 2 atom stereocenters. The van der Waals surface area contributed by atoms with Crippen LogP contribution in [0.15, 0.2) is 27.7 Å². The van der Waals surface area contributed by atoms with Gasteiger partial charge in [0.1, 0.15) is 16.8 Å². The van der Waals surface area contributed by atoms with Crippen molar-refractivity contribution in [2.24, 2.45) is 5.14 Å². The maximum atomic E-state index is 11.9. The summed E-state index contributed by atoms with van der Waals surface area (Å²) in [6.45, 7) is 7.79. The third-order valence-electron chi connectivity index (χ3n) is 3.78. The molecule has 0 amide bonds. The molecule has 0 spiro atoms. The molecular weight excluding hydrogens is 418 g/mol. The number of hydrogen-bond acceptors (Lipinski definition) is 6. The lowest BCUT2D eigenvalue weighted by Crippen LogP contribution is -2.20. The molecule has 1 unspecified atom stereocenters. The minimum Gasteiger partial charge on any atom is -0.394 e. The van der Waals surface area contributed by atoms with Crippen molar-refractivity contribution in [2.75, 3.05) is 17.2 Å². The molecule has 0 saturated carbocycles. The van der Waals surface area contributed by atoms with E-state index in [1.165, 1.54) is 0 Å². The van der Waals surface area contributed by atoms with Crippen molar-refractivity contribution in [3.63, 3.8) is 0 Å². The first kappa shape index (κ1) is 20.8. The molecular formula is C17H24BrN5O2S. The highest BCUT2D eigenvalue weighted by atomic mass is 79.9. The minimum absolute atomic E-state index is 0.00611. The molecule has 5 N–H and O–H groups in total. The van der Waals surface area contributed by atoms with Gasteiger partial charge in [0.2, 0.25) is 5.95 Å². The van der Waals surface area contributed by atoms with Gasteiger partial charge in [-0.05, 0) is 59.0 Å². The number of aryl methyl sites for hydroxylation is 1. The quantitative estimate of drug-likeness (QED) is 0.524. The highest BCUT2D eigenvalue weighted by molar-refractivity contribution is 9.10. The van der Waals surface area contributed by atoms with Gasteiger partial charge in [0.15, 0.2) is 0 Å². The van der Waals surface area contributed by atoms with E-state index in [1.54, 1.807) is 6.20 Å². The van der Waals surface area contributed by atoms with E-state index in [0.717, 1.165) is 16.8 Å². The van der Waals surface area contributed by atoms with E-state index in [2.05, 4.69) is 36.5 Å². The molecule has 1 aromatic carbocycles. The number of aliphatic hydroxyl groups excluding tert-OH is 1. The lowest BCUT2D eigenvalue weighted by molar-refractivity contribution is 0.281. The van der Waals surface area contributed by atoms with Crippen molar-refractivity contribution in [1.82, 2.24) is 9.97 Å². The Hall–Kier alpha value is -1.55. The SMILES string of the molecule is Cc1cc(Nc2ncc(Br)c(N[C@H](C)CO)n2)cc(C(C)C)c1S(N)=O. The highest BCUT2D eigenvalue weighted by Crippen LogP contribution is 2.30. The Morgan fingerprint density at radius 1 is 1.35 bits per heavy atom. The first-order valence-electron chi connectivity index (χ1n) is 8.20. The zero-order valence-electron chi connectivity index (χ0n) is 15.2. The highest BCUT2D eigenvalue weighted by Gasteiger charge is 2.16. The maximum Gasteiger partial charge on any atom is 0.229 e. The maximum absolute atomic E-state index is 11.9. The topological polar surface area (TPSA) is 113 Å². The van der Waals surface area contributed by atoms with E-state index in [1.807, 2.05) is 39.8 Å². The van der Waals surface area contributed by atoms with Crippen LogP contribution in [0.25, 0.3) is 0 Å². The molecule has 0 aliphatic heterocycles. The zero-order chi connectivity index (χ0) is 19.4. The van der Waals surface area contributed by atoms with Crippen LogP contribution in [0, 0.1) is 6.92 Å². The second-order valence-corrected chi connectivity index (χ2v) is 8.26. The molecule has 0 bridgehead atoms. The van der Waals surface area contributed by atoms with Crippen LogP contribution in [0.3, 0.4) is 0 Å². The molecule has 0 fully saturated rings. The average Bonchev–Trinajstić information content (AvgIpc) is 2.56. The molecule has 1 aromatic heterocycles. The van der Waals surface area contributed by atoms with Gasteiger partial charge in [0.25, 0.3) is 0 Å². The number of benzene rings is 1. The van der Waals surface area contributed by atoms with Gasteiger partial charge in [-0.15, -0.1) is 0 Å². The summed E-state index contributed by atoms with van der Waals surface area (Å²) >= 11 is 3.40. The normalized spacial score (nSPS) is 13.5. The third kappa shape index (κ3) is 5.00. The lowest BCUT2D eigenvalue weighted by Gasteiger charge is -2.17. The third-order valence-corrected chi connectivity index (χ3v) is 5.32. The number of nitrogens with zero attached hydrogens (tertiary/aromatic N) is 2. The van der Waals surface area contributed by atoms with Crippen molar-refractivity contribution in [3.05, 3.63) is 33.9 Å². The van der Waals surface area contributed by atoms with Gasteiger partial charge < -0.3 is 15.7 Å². The van der Waals surface area contributed by atoms with Crippen LogP contribution in [0.2, 0.25) is 0 Å². The molecule has 7 nitrogen and oxygen atoms in total. The summed E-state index contributed by atoms with van der Waals surface area (Å²) in [5, 5.41) is 21.1. The number of halogens is 1. The molecule has 9 heteroatoms. The predicted molar refractivity (Wildman–Crippen MR) is 109 cm³/mol. The molecule has 142 valence electrons. The zero-order valence-corrected chi connectivity index (χ0v) is 17.6. The summed E-state index contributed by atoms with van der Waals surface area (Å²) in [4.78, 5) is 9.38. The van der Waals surface area contributed by atoms with Gasteiger partial charge in [0.05, 0.1) is 16.0 Å². The average molecular weight is 442 g/mol. The van der Waals surface area contributed by atoms with Gasteiger partial charge in [-0.2, -0.15) is 4.98 Å². The van der Waals surface area contributed by atoms with E-state index in [0.29, 0.717) is 21.1 Å². The monoisotopic (exact) mass is 441 g/mol. The summed E-state index contributed by atoms with van der Waals surface area (Å²) in [5.74, 6) is 1.17. The Bertz CT molecular complexity index is 816. The van der Waals surface area contributed by atoms with Gasteiger partial charge in [-0.3, -0.25) is 0 Å². The smallest absolute Gasteiger partial charge is 0.229 e. The van der Waals surface area contributed by atoms with Gasteiger partial charge in [-0.1, -0.05) is 13.8 Å². The van der Waals surface area contributed by atoms with Crippen molar-refractivity contribution in [2.45, 2.75) is 44.6 Å². The van der Waals surface area contributed by atoms with E-state index in [-0.39, 0.29) is 18.6 Å². The number of rotatable bonds is 7. The first-order valence-corrected chi connectivity index (χ1v) is 10.2. The number of nitrogens with one attached hydrogen (secondary N) is 2. The summed E-state index contributed by atoms with van der Waals surface area (Å²) < 4.78 is 12.6. The lowest BCUT2D eigenvalue weighted by atomic mass is 10.00. The van der Waals surface area contributed by atoms with E-state index in [4.69, 9.17) is 5.14 Å². The second kappa shape index (κ2) is 8.90. The van der Waals surface area contributed by atoms with Gasteiger partial charge in [-0.25, -0.2) is 14.3 Å². The molecule has 2 rings (SSSR count). The van der Waals surface area contributed by atoms with Crippen LogP contribution in [0.5, 0.6) is 0 Å². The van der Waals surface area contributed by atoms with Crippen LogP contribution in [0.4, 0.5) is 17.5 Å². The number of nitrogens with two attached hydrogens (primary N) is 1. The van der Waals surface area contributed by atoms with Crippen LogP contribution in [-0.4, -0.2) is 31.9 Å². The molecule has 0 saturated heterocycles. The first-order chi connectivity index (χ1) is 12.2. The Labute approximate surface area is 164 Å². The molecule has 1 heterocycles. The van der Waals surface area contributed by atoms with E-state index in [9.17, 15) is 9.32 Å². The number of aromatic nitrogens is 2. The Morgan fingerprint density at radius 2 is 2.04 bits per heavy atom. The van der Waals surface area contributed by atoms with Crippen LogP contribution in [0.1, 0.15) is 37.8 Å². The number of aliphatic hydroxyl groups is 1. The van der Waals surface area contributed by atoms with Crippen LogP contribution < -0.4 is 15.8 Å². The van der Waals surface area contributed by atoms with E-state index < -0.39 is 11.0 Å². The predicted octanol–water partition coefficient (Wildman–Crippen LogP) is 3.19. The fourth-order valence-corrected chi connectivity index (χ4v) is 3.72. The fourth-order valence-electron chi connectivity index (χ4n) is 2.51. The molecule has 0 aliphatic carbocycles. The number of anilines is 3.